The number of hydrogen-bond acceptors (Lipinski definition) is 9. The Hall–Kier alpha value is -4.08. The quantitative estimate of drug-likeness (QED) is 0.287. The first-order valence-electron chi connectivity index (χ1n) is 17.5. The number of carbonyl (C=O) groups is 1. The molecule has 10 nitrogen and oxygen atoms in total. The Morgan fingerprint density at radius 3 is 2.68 bits per heavy atom. The molecule has 260 valence electrons. The van der Waals surface area contributed by atoms with E-state index in [-0.39, 0.29) is 40.8 Å². The van der Waals surface area contributed by atoms with Crippen LogP contribution in [0.15, 0.2) is 42.6 Å². The van der Waals surface area contributed by atoms with E-state index in [1.165, 1.54) is 0 Å². The van der Waals surface area contributed by atoms with E-state index in [4.69, 9.17) is 26.3 Å². The Labute approximate surface area is 296 Å². The zero-order chi connectivity index (χ0) is 34.6. The summed E-state index contributed by atoms with van der Waals surface area (Å²) in [6.45, 7) is 4.10. The van der Waals surface area contributed by atoms with Crippen molar-refractivity contribution in [3.05, 3.63) is 53.4 Å². The van der Waals surface area contributed by atoms with Crippen molar-refractivity contribution >= 4 is 45.0 Å². The van der Waals surface area contributed by atoms with E-state index >= 15 is 4.39 Å². The zero-order valence-corrected chi connectivity index (χ0v) is 29.2. The molecule has 0 unspecified atom stereocenters. The molecule has 2 aromatic carbocycles. The lowest BCUT2D eigenvalue weighted by molar-refractivity contribution is -0.124. The summed E-state index contributed by atoms with van der Waals surface area (Å²) in [7, 11) is 3.81. The highest BCUT2D eigenvalue weighted by Gasteiger charge is 2.45. The van der Waals surface area contributed by atoms with Crippen molar-refractivity contribution in [2.24, 2.45) is 0 Å². The molecule has 1 N–H and O–H groups in total. The molecule has 12 heteroatoms. The minimum absolute atomic E-state index is 0.0369. The summed E-state index contributed by atoms with van der Waals surface area (Å²) in [5.41, 5.74) is 0.824. The first-order chi connectivity index (χ1) is 24.2. The lowest BCUT2D eigenvalue weighted by Gasteiger charge is -2.31. The monoisotopic (exact) mass is 697 g/mol. The fourth-order valence-corrected chi connectivity index (χ4v) is 8.76. The third kappa shape index (κ3) is 5.92. The van der Waals surface area contributed by atoms with E-state index in [2.05, 4.69) is 21.7 Å². The number of pyridine rings is 1. The molecule has 4 saturated heterocycles. The number of ether oxygens (including phenoxy) is 1. The lowest BCUT2D eigenvalue weighted by Crippen LogP contribution is -2.43. The molecule has 2 aromatic heterocycles. The number of halogens is 2. The maximum absolute atomic E-state index is 16.8. The number of amides is 1. The van der Waals surface area contributed by atoms with Gasteiger partial charge in [0.15, 0.2) is 5.82 Å². The van der Waals surface area contributed by atoms with Gasteiger partial charge >= 0.3 is 6.01 Å². The van der Waals surface area contributed by atoms with Crippen LogP contribution in [0.2, 0.25) is 5.02 Å². The number of likely N-dealkylation sites (N-methyl/N-ethyl adjacent to an activating group) is 2. The minimum Gasteiger partial charge on any atom is -0.461 e. The topological polar surface area (TPSA) is 98.2 Å². The summed E-state index contributed by atoms with van der Waals surface area (Å²) in [5.74, 6) is 5.55. The van der Waals surface area contributed by atoms with Gasteiger partial charge in [-0.05, 0) is 69.6 Å². The molecule has 4 aliphatic heterocycles. The van der Waals surface area contributed by atoms with Gasteiger partial charge in [0.1, 0.15) is 23.6 Å². The van der Waals surface area contributed by atoms with E-state index in [0.717, 1.165) is 49.5 Å². The molecule has 6 heterocycles. The molecular weight excluding hydrogens is 657 g/mol. The molecule has 0 radical (unpaired) electrons. The molecule has 0 bridgehead atoms. The number of nitrogens with zero attached hydrogens (tertiary/aromatic N) is 7. The molecule has 8 rings (SSSR count). The maximum Gasteiger partial charge on any atom is 0.319 e. The average Bonchev–Trinajstić information content (AvgIpc) is 3.90. The molecule has 3 atom stereocenters. The van der Waals surface area contributed by atoms with Crippen LogP contribution in [0.4, 0.5) is 10.2 Å². The Balaban J connectivity index is 1.13. The third-order valence-electron chi connectivity index (χ3n) is 11.2. The van der Waals surface area contributed by atoms with E-state index in [0.29, 0.717) is 60.9 Å². The second kappa shape index (κ2) is 13.2. The predicted molar refractivity (Wildman–Crippen MR) is 192 cm³/mol. The van der Waals surface area contributed by atoms with E-state index in [1.807, 2.05) is 54.2 Å². The smallest absolute Gasteiger partial charge is 0.319 e. The van der Waals surface area contributed by atoms with Gasteiger partial charge in [-0.1, -0.05) is 47.9 Å². The Kier molecular flexibility index (Phi) is 8.76. The first-order valence-corrected chi connectivity index (χ1v) is 17.9. The van der Waals surface area contributed by atoms with E-state index in [1.54, 1.807) is 17.2 Å². The minimum atomic E-state index is -0.571. The summed E-state index contributed by atoms with van der Waals surface area (Å²) in [6, 6.07) is 11.1. The Morgan fingerprint density at radius 2 is 1.92 bits per heavy atom. The largest absolute Gasteiger partial charge is 0.461 e. The highest BCUT2D eigenvalue weighted by atomic mass is 35.5. The molecular formula is C38H41ClFN7O3. The number of likely N-dealkylation sites (tertiary alicyclic amines) is 2. The van der Waals surface area contributed by atoms with Crippen LogP contribution >= 0.6 is 11.6 Å². The fraction of sp³-hybridized carbons (Fsp3) is 0.474. The number of benzene rings is 2. The van der Waals surface area contributed by atoms with Crippen molar-refractivity contribution in [1.29, 1.82) is 0 Å². The highest BCUT2D eigenvalue weighted by Crippen LogP contribution is 2.40. The van der Waals surface area contributed by atoms with Crippen LogP contribution in [-0.2, 0) is 4.79 Å². The summed E-state index contributed by atoms with van der Waals surface area (Å²) >= 11 is 6.64. The van der Waals surface area contributed by atoms with Crippen LogP contribution in [0.1, 0.15) is 38.5 Å². The van der Waals surface area contributed by atoms with Crippen LogP contribution in [0.25, 0.3) is 32.9 Å². The molecule has 0 saturated carbocycles. The number of rotatable bonds is 6. The van der Waals surface area contributed by atoms with Crippen LogP contribution in [0.5, 0.6) is 6.01 Å². The van der Waals surface area contributed by atoms with Crippen molar-refractivity contribution in [1.82, 2.24) is 29.7 Å². The molecule has 1 amide bonds. The Morgan fingerprint density at radius 1 is 1.14 bits per heavy atom. The van der Waals surface area contributed by atoms with Crippen molar-refractivity contribution in [3.8, 4) is 29.1 Å². The Bertz CT molecular complexity index is 2020. The number of β-amino-alcohol motifs (C(OH)–C–C–N with tert-alkyl or cyclic N) is 1. The van der Waals surface area contributed by atoms with Gasteiger partial charge < -0.3 is 19.6 Å². The van der Waals surface area contributed by atoms with E-state index < -0.39 is 11.9 Å². The van der Waals surface area contributed by atoms with Crippen molar-refractivity contribution in [2.45, 2.75) is 62.3 Å². The van der Waals surface area contributed by atoms with Crippen LogP contribution in [0.3, 0.4) is 0 Å². The SMILES string of the molecule is CN1C[C@H](O)C[C@H]1C#CC(=O)N1CC[C@@H](N(C)c2nc(OCC34CCCN3CCC4)nc3c(F)c(-c4cccc5cccc(Cl)c45)ncc23)C1. The number of anilines is 1. The zero-order valence-electron chi connectivity index (χ0n) is 28.4. The summed E-state index contributed by atoms with van der Waals surface area (Å²) in [4.78, 5) is 35.6. The molecule has 4 aliphatic rings. The van der Waals surface area contributed by atoms with Crippen LogP contribution in [0, 0.1) is 17.7 Å². The fourth-order valence-electron chi connectivity index (χ4n) is 8.48. The highest BCUT2D eigenvalue weighted by molar-refractivity contribution is 6.36. The second-order valence-corrected chi connectivity index (χ2v) is 14.7. The van der Waals surface area contributed by atoms with Gasteiger partial charge in [-0.25, -0.2) is 4.39 Å². The normalized spacial score (nSPS) is 23.4. The van der Waals surface area contributed by atoms with Crippen molar-refractivity contribution < 1.29 is 19.0 Å². The van der Waals surface area contributed by atoms with Gasteiger partial charge in [0, 0.05) is 61.3 Å². The number of hydrogen-bond donors (Lipinski definition) is 1. The van der Waals surface area contributed by atoms with Gasteiger partial charge in [-0.2, -0.15) is 9.97 Å². The number of aliphatic hydroxyl groups is 1. The number of aliphatic hydroxyl groups excluding tert-OH is 1. The maximum atomic E-state index is 16.8. The number of fused-ring (bicyclic) bond motifs is 3. The molecule has 0 spiro atoms. The third-order valence-corrected chi connectivity index (χ3v) is 11.6. The van der Waals surface area contributed by atoms with Gasteiger partial charge in [-0.3, -0.25) is 19.6 Å². The summed E-state index contributed by atoms with van der Waals surface area (Å²) in [6.07, 6.45) is 6.81. The second-order valence-electron chi connectivity index (χ2n) is 14.3. The van der Waals surface area contributed by atoms with E-state index in [9.17, 15) is 9.90 Å². The molecule has 0 aliphatic carbocycles. The van der Waals surface area contributed by atoms with Crippen LogP contribution < -0.4 is 9.64 Å². The number of carbonyl (C=O) groups excluding carboxylic acids is 1. The standard InChI is InChI=1S/C38H41ClFN7O3/c1-44-22-27(48)19-25(44)11-12-31(49)46-18-13-26(21-46)45(2)36-29-20-41-34(28-9-3-7-24-8-4-10-30(39)32(24)28)33(40)35(29)42-37(43-36)50-23-38-14-5-16-47(38)17-6-15-38/h3-4,7-10,20,25-27,48H,5-6,13-19,21-23H2,1-2H3/t25-,26-,27-/m1/s1. The summed E-state index contributed by atoms with van der Waals surface area (Å²) < 4.78 is 23.2. The van der Waals surface area contributed by atoms with Crippen molar-refractivity contribution in [2.75, 3.05) is 58.3 Å². The van der Waals surface area contributed by atoms with Crippen molar-refractivity contribution in [3.63, 3.8) is 0 Å². The summed E-state index contributed by atoms with van der Waals surface area (Å²) in [5, 5.41) is 12.5. The first kappa shape index (κ1) is 33.1. The predicted octanol–water partition coefficient (Wildman–Crippen LogP) is 4.75. The van der Waals surface area contributed by atoms with Gasteiger partial charge in [0.05, 0.1) is 23.1 Å². The lowest BCUT2D eigenvalue weighted by atomic mass is 9.95. The van der Waals surface area contributed by atoms with Gasteiger partial charge in [0.25, 0.3) is 5.91 Å². The van der Waals surface area contributed by atoms with Gasteiger partial charge in [0.2, 0.25) is 0 Å². The molecule has 4 fully saturated rings. The average molecular weight is 698 g/mol. The van der Waals surface area contributed by atoms with Crippen LogP contribution in [-0.4, -0.2) is 118 Å². The molecule has 50 heavy (non-hydrogen) atoms. The molecule has 4 aromatic rings. The van der Waals surface area contributed by atoms with Gasteiger partial charge in [-0.15, -0.1) is 0 Å². The number of aromatic nitrogens is 3.